The van der Waals surface area contributed by atoms with Crippen LogP contribution in [0.5, 0.6) is 11.5 Å². The number of methoxy groups -OCH3 is 2. The second kappa shape index (κ2) is 9.27. The van der Waals surface area contributed by atoms with Crippen molar-refractivity contribution >= 4 is 17.4 Å². The molecule has 0 bridgehead atoms. The number of carbonyl (C=O) groups is 1. The van der Waals surface area contributed by atoms with E-state index in [9.17, 15) is 9.90 Å². The van der Waals surface area contributed by atoms with E-state index in [-0.39, 0.29) is 36.1 Å². The molecule has 8 nitrogen and oxygen atoms in total. The second-order valence-corrected chi connectivity index (χ2v) is 8.29. The van der Waals surface area contributed by atoms with E-state index in [2.05, 4.69) is 15.3 Å². The van der Waals surface area contributed by atoms with Crippen LogP contribution < -0.4 is 19.7 Å². The van der Waals surface area contributed by atoms with Gasteiger partial charge >= 0.3 is 6.03 Å². The molecule has 1 saturated heterocycles. The predicted molar refractivity (Wildman–Crippen MR) is 124 cm³/mol. The van der Waals surface area contributed by atoms with E-state index < -0.39 is 5.82 Å². The molecular formula is C24H29FN4O4. The van der Waals surface area contributed by atoms with Crippen LogP contribution in [0.25, 0.3) is 0 Å². The number of fused-ring (bicyclic) bond motifs is 1. The zero-order valence-corrected chi connectivity index (χ0v) is 19.3. The number of anilines is 1. The van der Waals surface area contributed by atoms with E-state index >= 15 is 4.39 Å². The van der Waals surface area contributed by atoms with Gasteiger partial charge in [-0.3, -0.25) is 0 Å². The highest BCUT2D eigenvalue weighted by atomic mass is 19.1. The fourth-order valence-corrected chi connectivity index (χ4v) is 4.42. The SMILES string of the molecule is CNC(=O)N1N=C(c2ccc(N3CC[C@@H](O)C3)cc2)c2cc(OC)c(OC)c(F)c2CC1C. The third-order valence-corrected chi connectivity index (χ3v) is 6.18. The van der Waals surface area contributed by atoms with Crippen LogP contribution in [0.15, 0.2) is 35.4 Å². The Morgan fingerprint density at radius 1 is 1.24 bits per heavy atom. The fraction of sp³-hybridized carbons (Fsp3) is 0.417. The minimum atomic E-state index is -0.521. The summed E-state index contributed by atoms with van der Waals surface area (Å²) in [5.74, 6) is -0.239. The Bertz CT molecular complexity index is 1070. The molecule has 2 heterocycles. The molecule has 176 valence electrons. The molecule has 0 radical (unpaired) electrons. The number of aliphatic hydroxyl groups excluding tert-OH is 1. The molecule has 1 unspecified atom stereocenters. The first-order valence-corrected chi connectivity index (χ1v) is 10.9. The van der Waals surface area contributed by atoms with Crippen molar-refractivity contribution in [2.45, 2.75) is 31.9 Å². The fourth-order valence-electron chi connectivity index (χ4n) is 4.42. The number of urea groups is 1. The molecule has 1 fully saturated rings. The maximum absolute atomic E-state index is 15.6. The number of ether oxygens (including phenoxy) is 2. The van der Waals surface area contributed by atoms with Gasteiger partial charge in [0.25, 0.3) is 0 Å². The molecular weight excluding hydrogens is 427 g/mol. The molecule has 4 rings (SSSR count). The number of hydrogen-bond acceptors (Lipinski definition) is 6. The molecule has 33 heavy (non-hydrogen) atoms. The molecule has 2 amide bonds. The number of hydrazone groups is 1. The number of aliphatic hydroxyl groups is 1. The van der Waals surface area contributed by atoms with Crippen LogP contribution in [0.1, 0.15) is 30.0 Å². The molecule has 0 aliphatic carbocycles. The van der Waals surface area contributed by atoms with Gasteiger partial charge in [0.2, 0.25) is 0 Å². The van der Waals surface area contributed by atoms with Gasteiger partial charge < -0.3 is 24.8 Å². The van der Waals surface area contributed by atoms with Gasteiger partial charge in [-0.15, -0.1) is 0 Å². The first-order chi connectivity index (χ1) is 15.9. The van der Waals surface area contributed by atoms with Gasteiger partial charge in [-0.25, -0.2) is 14.2 Å². The van der Waals surface area contributed by atoms with Gasteiger partial charge in [-0.2, -0.15) is 5.10 Å². The molecule has 2 aliphatic heterocycles. The summed E-state index contributed by atoms with van der Waals surface area (Å²) in [4.78, 5) is 14.7. The normalized spacial score (nSPS) is 20.1. The van der Waals surface area contributed by atoms with E-state index in [1.807, 2.05) is 31.2 Å². The molecule has 2 N–H and O–H groups in total. The monoisotopic (exact) mass is 456 g/mol. The molecule has 9 heteroatoms. The molecule has 0 aromatic heterocycles. The average Bonchev–Trinajstić information content (AvgIpc) is 3.20. The number of amides is 2. The first kappa shape index (κ1) is 22.8. The lowest BCUT2D eigenvalue weighted by atomic mass is 9.93. The highest BCUT2D eigenvalue weighted by Crippen LogP contribution is 2.38. The van der Waals surface area contributed by atoms with Crippen LogP contribution in [-0.4, -0.2) is 68.4 Å². The summed E-state index contributed by atoms with van der Waals surface area (Å²) >= 11 is 0. The van der Waals surface area contributed by atoms with E-state index in [0.29, 0.717) is 23.4 Å². The molecule has 2 atom stereocenters. The summed E-state index contributed by atoms with van der Waals surface area (Å²) in [6, 6.07) is 8.64. The highest BCUT2D eigenvalue weighted by Gasteiger charge is 2.31. The quantitative estimate of drug-likeness (QED) is 0.739. The van der Waals surface area contributed by atoms with Gasteiger partial charge in [0.15, 0.2) is 17.3 Å². The van der Waals surface area contributed by atoms with Crippen LogP contribution in [0, 0.1) is 5.82 Å². The third kappa shape index (κ3) is 4.20. The number of halogens is 1. The predicted octanol–water partition coefficient (Wildman–Crippen LogP) is 2.75. The summed E-state index contributed by atoms with van der Waals surface area (Å²) < 4.78 is 26.2. The minimum Gasteiger partial charge on any atom is -0.493 e. The zero-order chi connectivity index (χ0) is 23.7. The molecule has 2 aromatic carbocycles. The van der Waals surface area contributed by atoms with Crippen LogP contribution >= 0.6 is 0 Å². The Hall–Kier alpha value is -3.33. The number of benzene rings is 2. The van der Waals surface area contributed by atoms with E-state index in [4.69, 9.17) is 9.47 Å². The molecule has 2 aliphatic rings. The Morgan fingerprint density at radius 2 is 1.97 bits per heavy atom. The summed E-state index contributed by atoms with van der Waals surface area (Å²) in [5, 5.41) is 18.5. The van der Waals surface area contributed by atoms with Crippen molar-refractivity contribution in [1.82, 2.24) is 10.3 Å². The van der Waals surface area contributed by atoms with Crippen LogP contribution in [-0.2, 0) is 6.42 Å². The number of carbonyl (C=O) groups excluding carboxylic acids is 1. The molecule has 0 spiro atoms. The summed E-state index contributed by atoms with van der Waals surface area (Å²) in [6.07, 6.45) is 0.670. The van der Waals surface area contributed by atoms with E-state index in [0.717, 1.165) is 24.2 Å². The minimum absolute atomic E-state index is 0.0270. The standard InChI is InChI=1S/C24H29FN4O4/c1-14-11-18-19(12-20(32-3)23(33-4)21(18)25)22(27-29(14)24(31)26-2)15-5-7-16(8-6-15)28-10-9-17(30)13-28/h5-8,12,14,17,30H,9-11,13H2,1-4H3,(H,26,31)/t14?,17-/m1/s1. The van der Waals surface area contributed by atoms with Gasteiger partial charge in [-0.05, 0) is 38.0 Å². The Kier molecular flexibility index (Phi) is 6.42. The Morgan fingerprint density at radius 3 is 2.55 bits per heavy atom. The maximum Gasteiger partial charge on any atom is 0.337 e. The zero-order valence-electron chi connectivity index (χ0n) is 19.3. The summed E-state index contributed by atoms with van der Waals surface area (Å²) in [5.41, 5.74) is 3.14. The lowest BCUT2D eigenvalue weighted by Crippen LogP contribution is -2.41. The van der Waals surface area contributed by atoms with E-state index in [1.165, 1.54) is 26.3 Å². The maximum atomic E-state index is 15.6. The van der Waals surface area contributed by atoms with Crippen molar-refractivity contribution in [3.63, 3.8) is 0 Å². The number of hydrogen-bond donors (Lipinski definition) is 2. The van der Waals surface area contributed by atoms with Crippen molar-refractivity contribution in [2.24, 2.45) is 5.10 Å². The lowest BCUT2D eigenvalue weighted by molar-refractivity contribution is 0.184. The number of nitrogens with zero attached hydrogens (tertiary/aromatic N) is 3. The molecule has 2 aromatic rings. The largest absolute Gasteiger partial charge is 0.493 e. The Balaban J connectivity index is 1.85. The molecule has 0 saturated carbocycles. The van der Waals surface area contributed by atoms with Crippen molar-refractivity contribution in [3.05, 3.63) is 52.8 Å². The summed E-state index contributed by atoms with van der Waals surface area (Å²) in [6.45, 7) is 3.20. The van der Waals surface area contributed by atoms with E-state index in [1.54, 1.807) is 6.07 Å². The van der Waals surface area contributed by atoms with Gasteiger partial charge in [0.05, 0.1) is 32.1 Å². The first-order valence-electron chi connectivity index (χ1n) is 10.9. The van der Waals surface area contributed by atoms with Crippen molar-refractivity contribution < 1.29 is 23.8 Å². The van der Waals surface area contributed by atoms with Gasteiger partial charge in [-0.1, -0.05) is 12.1 Å². The van der Waals surface area contributed by atoms with Crippen molar-refractivity contribution in [1.29, 1.82) is 0 Å². The van der Waals surface area contributed by atoms with Crippen molar-refractivity contribution in [3.8, 4) is 11.5 Å². The van der Waals surface area contributed by atoms with Crippen LogP contribution in [0.2, 0.25) is 0 Å². The van der Waals surface area contributed by atoms with Crippen molar-refractivity contribution in [2.75, 3.05) is 39.3 Å². The van der Waals surface area contributed by atoms with Gasteiger partial charge in [0, 0.05) is 42.5 Å². The number of rotatable bonds is 4. The lowest BCUT2D eigenvalue weighted by Gasteiger charge is -2.22. The highest BCUT2D eigenvalue weighted by molar-refractivity contribution is 6.14. The van der Waals surface area contributed by atoms with Crippen LogP contribution in [0.3, 0.4) is 0 Å². The third-order valence-electron chi connectivity index (χ3n) is 6.18. The smallest absolute Gasteiger partial charge is 0.337 e. The van der Waals surface area contributed by atoms with Gasteiger partial charge in [0.1, 0.15) is 0 Å². The van der Waals surface area contributed by atoms with Crippen LogP contribution in [0.4, 0.5) is 14.9 Å². The Labute approximate surface area is 192 Å². The topological polar surface area (TPSA) is 86.6 Å². The number of nitrogens with one attached hydrogen (secondary N) is 1. The second-order valence-electron chi connectivity index (χ2n) is 8.29. The average molecular weight is 457 g/mol. The summed E-state index contributed by atoms with van der Waals surface area (Å²) in [7, 11) is 4.39. The number of β-amino-alcohol motifs (C(OH)–C–C–N with tert-alkyl or cyclic N) is 1.